The lowest BCUT2D eigenvalue weighted by Crippen LogP contribution is -2.59. The van der Waals surface area contributed by atoms with Gasteiger partial charge in [-0.15, -0.1) is 6.42 Å². The Labute approximate surface area is 145 Å². The molecule has 0 aromatic carbocycles. The number of likely N-dealkylation sites (tertiary alicyclic amines) is 1. The number of hydrogen-bond donors (Lipinski definition) is 3. The minimum atomic E-state index is -5.08. The Hall–Kier alpha value is -2.00. The summed E-state index contributed by atoms with van der Waals surface area (Å²) in [5.41, 5.74) is 0.641. The van der Waals surface area contributed by atoms with Crippen LogP contribution >= 0.6 is 0 Å². The average Bonchev–Trinajstić information content (AvgIpc) is 2.46. The fourth-order valence-corrected chi connectivity index (χ4v) is 2.42. The van der Waals surface area contributed by atoms with Gasteiger partial charge < -0.3 is 15.5 Å². The molecule has 0 aliphatic carbocycles. The number of nitrogens with one attached hydrogen (secondary N) is 1. The predicted octanol–water partition coefficient (Wildman–Crippen LogP) is 1.57. The van der Waals surface area contributed by atoms with E-state index in [2.05, 4.69) is 16.1 Å². The van der Waals surface area contributed by atoms with E-state index in [0.29, 0.717) is 5.41 Å². The van der Waals surface area contributed by atoms with Crippen LogP contribution in [-0.4, -0.2) is 72.1 Å². The van der Waals surface area contributed by atoms with Crippen LogP contribution in [0.4, 0.5) is 26.3 Å². The highest BCUT2D eigenvalue weighted by atomic mass is 19.4. The van der Waals surface area contributed by atoms with Crippen molar-refractivity contribution >= 4 is 11.9 Å². The highest BCUT2D eigenvalue weighted by Crippen LogP contribution is 2.38. The van der Waals surface area contributed by atoms with E-state index in [0.717, 1.165) is 6.54 Å². The lowest BCUT2D eigenvalue weighted by atomic mass is 9.72. The van der Waals surface area contributed by atoms with Crippen LogP contribution in [0.25, 0.3) is 0 Å². The number of nitrogens with zero attached hydrogens (tertiary/aromatic N) is 1. The van der Waals surface area contributed by atoms with Crippen LogP contribution in [-0.2, 0) is 9.59 Å². The molecule has 2 rings (SSSR count). The predicted molar refractivity (Wildman–Crippen MR) is 77.2 cm³/mol. The first-order valence-electron chi connectivity index (χ1n) is 7.20. The number of hydrogen-bond acceptors (Lipinski definition) is 4. The zero-order valence-electron chi connectivity index (χ0n) is 13.5. The molecule has 150 valence electrons. The maximum Gasteiger partial charge on any atom is 0.490 e. The van der Waals surface area contributed by atoms with Crippen LogP contribution in [0.2, 0.25) is 0 Å². The summed E-state index contributed by atoms with van der Waals surface area (Å²) >= 11 is 0. The van der Waals surface area contributed by atoms with Crippen LogP contribution < -0.4 is 5.32 Å². The fourth-order valence-electron chi connectivity index (χ4n) is 2.42. The third kappa shape index (κ3) is 8.91. The highest BCUT2D eigenvalue weighted by molar-refractivity contribution is 5.73. The molecule has 2 heterocycles. The standard InChI is InChI=1S/C10H16N2.2C2HF3O2/c1-2-7-12-8-10(9-12)3-5-11-6-4-10;2*3-2(4,5)1(6)7/h1,11H,3-9H2;2*(H,6,7). The molecule has 0 radical (unpaired) electrons. The summed E-state index contributed by atoms with van der Waals surface area (Å²) in [4.78, 5) is 20.2. The molecule has 0 unspecified atom stereocenters. The smallest absolute Gasteiger partial charge is 0.475 e. The lowest BCUT2D eigenvalue weighted by molar-refractivity contribution is -0.193. The molecule has 0 aromatic heterocycles. The first kappa shape index (κ1) is 24.0. The Kier molecular flexibility index (Phi) is 8.89. The van der Waals surface area contributed by atoms with E-state index in [1.165, 1.54) is 39.0 Å². The molecule has 2 aliphatic heterocycles. The Morgan fingerprint density at radius 3 is 1.62 bits per heavy atom. The molecule has 12 heteroatoms. The van der Waals surface area contributed by atoms with E-state index in [-0.39, 0.29) is 0 Å². The number of carboxylic acid groups (broad SMARTS) is 2. The molecule has 26 heavy (non-hydrogen) atoms. The van der Waals surface area contributed by atoms with E-state index in [1.54, 1.807) is 0 Å². The van der Waals surface area contributed by atoms with Crippen molar-refractivity contribution in [3.05, 3.63) is 0 Å². The number of alkyl halides is 6. The van der Waals surface area contributed by atoms with Crippen molar-refractivity contribution in [1.29, 1.82) is 0 Å². The van der Waals surface area contributed by atoms with E-state index < -0.39 is 24.3 Å². The van der Waals surface area contributed by atoms with Gasteiger partial charge in [-0.05, 0) is 31.3 Å². The number of carbonyl (C=O) groups is 2. The summed E-state index contributed by atoms with van der Waals surface area (Å²) in [5.74, 6) is -2.81. The van der Waals surface area contributed by atoms with Crippen molar-refractivity contribution in [2.75, 3.05) is 32.7 Å². The summed E-state index contributed by atoms with van der Waals surface area (Å²) in [5, 5.41) is 17.6. The Morgan fingerprint density at radius 1 is 1.00 bits per heavy atom. The number of aliphatic carboxylic acids is 2. The molecule has 2 aliphatic rings. The van der Waals surface area contributed by atoms with Crippen molar-refractivity contribution < 1.29 is 46.1 Å². The molecule has 2 fully saturated rings. The number of halogens is 6. The van der Waals surface area contributed by atoms with Gasteiger partial charge in [0.1, 0.15) is 0 Å². The maximum absolute atomic E-state index is 10.6. The maximum atomic E-state index is 10.6. The van der Waals surface area contributed by atoms with Gasteiger partial charge in [-0.1, -0.05) is 5.92 Å². The van der Waals surface area contributed by atoms with E-state index in [1.807, 2.05) is 0 Å². The number of rotatable bonds is 1. The number of carboxylic acids is 2. The second kappa shape index (κ2) is 9.63. The number of terminal acetylenes is 1. The van der Waals surface area contributed by atoms with Gasteiger partial charge in [0.15, 0.2) is 0 Å². The van der Waals surface area contributed by atoms with Crippen LogP contribution in [0, 0.1) is 17.8 Å². The first-order valence-corrected chi connectivity index (χ1v) is 7.20. The highest BCUT2D eigenvalue weighted by Gasteiger charge is 2.42. The summed E-state index contributed by atoms with van der Waals surface area (Å²) in [6.45, 7) is 5.71. The van der Waals surface area contributed by atoms with Gasteiger partial charge >= 0.3 is 24.3 Å². The van der Waals surface area contributed by atoms with Crippen molar-refractivity contribution in [1.82, 2.24) is 10.2 Å². The van der Waals surface area contributed by atoms with Gasteiger partial charge in [0.05, 0.1) is 6.54 Å². The summed E-state index contributed by atoms with van der Waals surface area (Å²) in [6.07, 6.45) is -2.23. The van der Waals surface area contributed by atoms with Gasteiger partial charge in [-0.25, -0.2) is 9.59 Å². The largest absolute Gasteiger partial charge is 0.490 e. The summed E-state index contributed by atoms with van der Waals surface area (Å²) in [6, 6.07) is 0. The molecule has 2 saturated heterocycles. The molecule has 6 nitrogen and oxygen atoms in total. The molecule has 0 saturated carbocycles. The minimum Gasteiger partial charge on any atom is -0.475 e. The van der Waals surface area contributed by atoms with Gasteiger partial charge in [-0.3, -0.25) is 4.90 Å². The van der Waals surface area contributed by atoms with Gasteiger partial charge in [0.25, 0.3) is 0 Å². The average molecular weight is 392 g/mol. The zero-order valence-corrected chi connectivity index (χ0v) is 13.5. The van der Waals surface area contributed by atoms with E-state index in [4.69, 9.17) is 26.2 Å². The molecular weight excluding hydrogens is 374 g/mol. The van der Waals surface area contributed by atoms with Gasteiger partial charge in [0, 0.05) is 13.1 Å². The van der Waals surface area contributed by atoms with Crippen LogP contribution in [0.3, 0.4) is 0 Å². The molecular formula is C14H18F6N2O4. The SMILES string of the molecule is C#CCN1CC2(CCNCC2)C1.O=C(O)C(F)(F)F.O=C(O)C(F)(F)F. The van der Waals surface area contributed by atoms with E-state index in [9.17, 15) is 26.3 Å². The second-order valence-corrected chi connectivity index (χ2v) is 5.71. The van der Waals surface area contributed by atoms with Crippen LogP contribution in [0.15, 0.2) is 0 Å². The Morgan fingerprint density at radius 2 is 1.35 bits per heavy atom. The van der Waals surface area contributed by atoms with Gasteiger partial charge in [0.2, 0.25) is 0 Å². The summed E-state index contributed by atoms with van der Waals surface area (Å²) in [7, 11) is 0. The normalized spacial score (nSPS) is 19.0. The fraction of sp³-hybridized carbons (Fsp3) is 0.714. The summed E-state index contributed by atoms with van der Waals surface area (Å²) < 4.78 is 63.5. The van der Waals surface area contributed by atoms with Crippen molar-refractivity contribution in [3.8, 4) is 12.3 Å². The minimum absolute atomic E-state index is 0.641. The molecule has 0 amide bonds. The van der Waals surface area contributed by atoms with Crippen molar-refractivity contribution in [2.24, 2.45) is 5.41 Å². The van der Waals surface area contributed by atoms with Crippen LogP contribution in [0.1, 0.15) is 12.8 Å². The quantitative estimate of drug-likeness (QED) is 0.464. The van der Waals surface area contributed by atoms with E-state index >= 15 is 0 Å². The lowest BCUT2D eigenvalue weighted by Gasteiger charge is -2.52. The molecule has 3 N–H and O–H groups in total. The second-order valence-electron chi connectivity index (χ2n) is 5.71. The zero-order chi connectivity index (χ0) is 20.6. The molecule has 1 spiro atoms. The first-order chi connectivity index (χ1) is 11.7. The third-order valence-electron chi connectivity index (χ3n) is 3.58. The monoisotopic (exact) mass is 392 g/mol. The molecule has 0 atom stereocenters. The molecule has 0 aromatic rings. The van der Waals surface area contributed by atoms with Crippen molar-refractivity contribution in [3.63, 3.8) is 0 Å². The van der Waals surface area contributed by atoms with Gasteiger partial charge in [-0.2, -0.15) is 26.3 Å². The Bertz CT molecular complexity index is 489. The topological polar surface area (TPSA) is 89.9 Å². The van der Waals surface area contributed by atoms with Crippen molar-refractivity contribution in [2.45, 2.75) is 25.2 Å². The number of piperidine rings is 1. The Balaban J connectivity index is 0.000000390. The third-order valence-corrected chi connectivity index (χ3v) is 3.58. The van der Waals surface area contributed by atoms with Crippen LogP contribution in [0.5, 0.6) is 0 Å². The molecule has 0 bridgehead atoms.